The summed E-state index contributed by atoms with van der Waals surface area (Å²) in [5.41, 5.74) is 4.05. The van der Waals surface area contributed by atoms with E-state index in [1.165, 1.54) is 11.3 Å². The molecule has 1 N–H and O–H groups in total. The second-order valence-corrected chi connectivity index (χ2v) is 8.04. The van der Waals surface area contributed by atoms with E-state index >= 15 is 0 Å². The Morgan fingerprint density at radius 1 is 1.07 bits per heavy atom. The van der Waals surface area contributed by atoms with Gasteiger partial charge in [0.1, 0.15) is 0 Å². The van der Waals surface area contributed by atoms with Crippen molar-refractivity contribution in [3.63, 3.8) is 0 Å². The van der Waals surface area contributed by atoms with Gasteiger partial charge in [-0.05, 0) is 43.2 Å². The maximum absolute atomic E-state index is 12.8. The molecular weight excluding hydrogens is 390 g/mol. The van der Waals surface area contributed by atoms with Crippen LogP contribution in [0.15, 0.2) is 41.9 Å². The van der Waals surface area contributed by atoms with Crippen molar-refractivity contribution in [2.75, 3.05) is 25.2 Å². The van der Waals surface area contributed by atoms with Crippen LogP contribution >= 0.6 is 11.3 Å². The molecule has 0 saturated carbocycles. The lowest BCUT2D eigenvalue weighted by molar-refractivity contribution is -0.121. The van der Waals surface area contributed by atoms with Crippen LogP contribution in [0.25, 0.3) is 10.2 Å². The largest absolute Gasteiger partial charge is 0.454 e. The first-order chi connectivity index (χ1) is 14.2. The minimum atomic E-state index is -0.117. The molecule has 5 rings (SSSR count). The van der Waals surface area contributed by atoms with Crippen molar-refractivity contribution in [1.29, 1.82) is 0 Å². The van der Waals surface area contributed by atoms with E-state index in [9.17, 15) is 9.59 Å². The predicted molar refractivity (Wildman–Crippen MR) is 109 cm³/mol. The summed E-state index contributed by atoms with van der Waals surface area (Å²) in [6, 6.07) is 11.0. The molecule has 1 saturated heterocycles. The van der Waals surface area contributed by atoms with Crippen LogP contribution < -0.4 is 14.8 Å². The van der Waals surface area contributed by atoms with Crippen LogP contribution in [0.2, 0.25) is 0 Å². The molecule has 2 amide bonds. The van der Waals surface area contributed by atoms with Gasteiger partial charge in [0, 0.05) is 36.3 Å². The van der Waals surface area contributed by atoms with E-state index in [0.29, 0.717) is 48.7 Å². The number of piperidine rings is 1. The van der Waals surface area contributed by atoms with Gasteiger partial charge in [-0.1, -0.05) is 0 Å². The number of anilines is 1. The zero-order valence-corrected chi connectivity index (χ0v) is 16.4. The normalized spacial score (nSPS) is 16.2. The number of fused-ring (bicyclic) bond motifs is 2. The van der Waals surface area contributed by atoms with Gasteiger partial charge in [-0.2, -0.15) is 0 Å². The van der Waals surface area contributed by atoms with Crippen LogP contribution in [0.5, 0.6) is 11.5 Å². The number of amides is 2. The van der Waals surface area contributed by atoms with Gasteiger partial charge < -0.3 is 19.7 Å². The molecular formula is C21H19N3O4S. The highest BCUT2D eigenvalue weighted by Gasteiger charge is 2.28. The Bertz CT molecular complexity index is 1090. The minimum Gasteiger partial charge on any atom is -0.454 e. The standard InChI is InChI=1S/C21H19N3O4S/c25-20(23-15-2-4-17-18(10-15)28-12-27-17)13-5-7-24(8-6-13)21(26)14-1-3-16-19(9-14)29-11-22-16/h1-4,9-11,13H,5-8,12H2,(H,23,25). The van der Waals surface area contributed by atoms with Crippen molar-refractivity contribution in [2.24, 2.45) is 5.92 Å². The van der Waals surface area contributed by atoms with Gasteiger partial charge in [-0.25, -0.2) is 4.98 Å². The van der Waals surface area contributed by atoms with E-state index < -0.39 is 0 Å². The number of carbonyl (C=O) groups excluding carboxylic acids is 2. The number of hydrogen-bond donors (Lipinski definition) is 1. The van der Waals surface area contributed by atoms with Crippen molar-refractivity contribution >= 4 is 39.1 Å². The zero-order chi connectivity index (χ0) is 19.8. The van der Waals surface area contributed by atoms with E-state index in [-0.39, 0.29) is 24.5 Å². The van der Waals surface area contributed by atoms with E-state index in [1.54, 1.807) is 23.7 Å². The first-order valence-corrected chi connectivity index (χ1v) is 10.4. The maximum atomic E-state index is 12.8. The number of likely N-dealkylation sites (tertiary alicyclic amines) is 1. The molecule has 0 unspecified atom stereocenters. The molecule has 1 fully saturated rings. The lowest BCUT2D eigenvalue weighted by atomic mass is 9.95. The first kappa shape index (κ1) is 17.9. The van der Waals surface area contributed by atoms with E-state index in [4.69, 9.17) is 9.47 Å². The molecule has 0 bridgehead atoms. The number of nitrogens with one attached hydrogen (secondary N) is 1. The third-order valence-corrected chi connectivity index (χ3v) is 6.16. The Morgan fingerprint density at radius 3 is 2.76 bits per heavy atom. The third kappa shape index (κ3) is 3.51. The summed E-state index contributed by atoms with van der Waals surface area (Å²) in [4.78, 5) is 31.5. The Kier molecular flexibility index (Phi) is 4.55. The van der Waals surface area contributed by atoms with Crippen LogP contribution in [0.3, 0.4) is 0 Å². The van der Waals surface area contributed by atoms with Crippen LogP contribution in [0.4, 0.5) is 5.69 Å². The minimum absolute atomic E-state index is 0.00919. The average Bonchev–Trinajstić information content (AvgIpc) is 3.41. The summed E-state index contributed by atoms with van der Waals surface area (Å²) in [7, 11) is 0. The van der Waals surface area contributed by atoms with Crippen LogP contribution in [0.1, 0.15) is 23.2 Å². The molecule has 0 radical (unpaired) electrons. The second-order valence-electron chi connectivity index (χ2n) is 7.16. The quantitative estimate of drug-likeness (QED) is 0.716. The Balaban J connectivity index is 1.19. The first-order valence-electron chi connectivity index (χ1n) is 9.50. The Labute approximate surface area is 171 Å². The van der Waals surface area contributed by atoms with Crippen molar-refractivity contribution < 1.29 is 19.1 Å². The van der Waals surface area contributed by atoms with E-state index in [0.717, 1.165) is 10.2 Å². The molecule has 29 heavy (non-hydrogen) atoms. The summed E-state index contributed by atoms with van der Waals surface area (Å²) in [5.74, 6) is 1.19. The highest BCUT2D eigenvalue weighted by Crippen LogP contribution is 2.34. The van der Waals surface area contributed by atoms with Gasteiger partial charge in [-0.3, -0.25) is 9.59 Å². The number of hydrogen-bond acceptors (Lipinski definition) is 6. The number of thiazole rings is 1. The molecule has 1 aromatic heterocycles. The van der Waals surface area contributed by atoms with Crippen molar-refractivity contribution in [3.8, 4) is 11.5 Å². The molecule has 0 aliphatic carbocycles. The number of rotatable bonds is 3. The highest BCUT2D eigenvalue weighted by molar-refractivity contribution is 7.16. The van der Waals surface area contributed by atoms with E-state index in [2.05, 4.69) is 10.3 Å². The summed E-state index contributed by atoms with van der Waals surface area (Å²) < 4.78 is 11.6. The molecule has 0 spiro atoms. The summed E-state index contributed by atoms with van der Waals surface area (Å²) in [6.07, 6.45) is 1.29. The van der Waals surface area contributed by atoms with Crippen molar-refractivity contribution in [2.45, 2.75) is 12.8 Å². The maximum Gasteiger partial charge on any atom is 0.253 e. The smallest absolute Gasteiger partial charge is 0.253 e. The fraction of sp³-hybridized carbons (Fsp3) is 0.286. The number of benzene rings is 2. The molecule has 2 aliphatic rings. The molecule has 7 nitrogen and oxygen atoms in total. The zero-order valence-electron chi connectivity index (χ0n) is 15.6. The van der Waals surface area contributed by atoms with Gasteiger partial charge in [0.2, 0.25) is 12.7 Å². The number of aromatic nitrogens is 1. The molecule has 8 heteroatoms. The van der Waals surface area contributed by atoms with Crippen molar-refractivity contribution in [1.82, 2.24) is 9.88 Å². The molecule has 148 valence electrons. The predicted octanol–water partition coefficient (Wildman–Crippen LogP) is 3.52. The molecule has 2 aliphatic heterocycles. The Morgan fingerprint density at radius 2 is 1.90 bits per heavy atom. The lowest BCUT2D eigenvalue weighted by Gasteiger charge is -2.31. The fourth-order valence-corrected chi connectivity index (χ4v) is 4.45. The number of nitrogens with zero attached hydrogens (tertiary/aromatic N) is 2. The van der Waals surface area contributed by atoms with Crippen LogP contribution in [-0.4, -0.2) is 41.6 Å². The summed E-state index contributed by atoms with van der Waals surface area (Å²) >= 11 is 1.53. The monoisotopic (exact) mass is 409 g/mol. The van der Waals surface area contributed by atoms with Crippen molar-refractivity contribution in [3.05, 3.63) is 47.5 Å². The third-order valence-electron chi connectivity index (χ3n) is 5.37. The highest BCUT2D eigenvalue weighted by atomic mass is 32.1. The lowest BCUT2D eigenvalue weighted by Crippen LogP contribution is -2.41. The van der Waals surface area contributed by atoms with Gasteiger partial charge in [0.15, 0.2) is 11.5 Å². The van der Waals surface area contributed by atoms with Gasteiger partial charge in [0.05, 0.1) is 15.7 Å². The van der Waals surface area contributed by atoms with Gasteiger partial charge >= 0.3 is 0 Å². The Hall–Kier alpha value is -3.13. The molecule has 2 aromatic carbocycles. The molecule has 0 atom stereocenters. The average molecular weight is 409 g/mol. The van der Waals surface area contributed by atoms with Gasteiger partial charge in [0.25, 0.3) is 5.91 Å². The topological polar surface area (TPSA) is 80.8 Å². The summed E-state index contributed by atoms with van der Waals surface area (Å²) in [5, 5.41) is 2.95. The van der Waals surface area contributed by atoms with Crippen LogP contribution in [-0.2, 0) is 4.79 Å². The summed E-state index contributed by atoms with van der Waals surface area (Å²) in [6.45, 7) is 1.34. The SMILES string of the molecule is O=C(Nc1ccc2c(c1)OCO2)C1CCN(C(=O)c2ccc3ncsc3c2)CC1. The number of ether oxygens (including phenoxy) is 2. The van der Waals surface area contributed by atoms with E-state index in [1.807, 2.05) is 23.1 Å². The number of carbonyl (C=O) groups is 2. The fourth-order valence-electron chi connectivity index (χ4n) is 3.73. The molecule has 3 aromatic rings. The van der Waals surface area contributed by atoms with Crippen LogP contribution in [0, 0.1) is 5.92 Å². The second kappa shape index (κ2) is 7.36. The molecule has 3 heterocycles. The van der Waals surface area contributed by atoms with Gasteiger partial charge in [-0.15, -0.1) is 11.3 Å².